The van der Waals surface area contributed by atoms with Gasteiger partial charge in [-0.25, -0.2) is 0 Å². The first-order chi connectivity index (χ1) is 15.0. The van der Waals surface area contributed by atoms with Crippen molar-refractivity contribution in [3.05, 3.63) is 47.1 Å². The van der Waals surface area contributed by atoms with E-state index >= 15 is 0 Å². The highest BCUT2D eigenvalue weighted by atomic mass is 35.5. The molecule has 0 N–H and O–H groups in total. The molecule has 6 heteroatoms. The number of rotatable bonds is 3. The molecule has 0 saturated carbocycles. The Kier molecular flexibility index (Phi) is 8.33. The van der Waals surface area contributed by atoms with Crippen molar-refractivity contribution in [2.75, 3.05) is 51.2 Å². The van der Waals surface area contributed by atoms with Crippen LogP contribution in [0.3, 0.4) is 0 Å². The van der Waals surface area contributed by atoms with E-state index < -0.39 is 0 Å². The van der Waals surface area contributed by atoms with Gasteiger partial charge in [0.25, 0.3) is 0 Å². The second-order valence-corrected chi connectivity index (χ2v) is 8.68. The lowest BCUT2D eigenvalue weighted by molar-refractivity contribution is -0.137. The van der Waals surface area contributed by atoms with Gasteiger partial charge in [-0.1, -0.05) is 31.5 Å². The molecule has 1 aromatic carbocycles. The average Bonchev–Trinajstić information content (AvgIpc) is 2.82. The molecule has 2 aliphatic rings. The number of amides is 1. The van der Waals surface area contributed by atoms with Gasteiger partial charge in [0, 0.05) is 62.6 Å². The highest BCUT2D eigenvalue weighted by Crippen LogP contribution is 2.33. The largest absolute Gasteiger partial charge is 0.371 e. The third-order valence-corrected chi connectivity index (χ3v) is 6.49. The second-order valence-electron chi connectivity index (χ2n) is 8.27. The van der Waals surface area contributed by atoms with Crippen LogP contribution in [0.1, 0.15) is 32.3 Å². The zero-order valence-corrected chi connectivity index (χ0v) is 20.0. The van der Waals surface area contributed by atoms with Crippen LogP contribution >= 0.6 is 11.6 Å². The van der Waals surface area contributed by atoms with Gasteiger partial charge in [0.1, 0.15) is 0 Å². The summed E-state index contributed by atoms with van der Waals surface area (Å²) in [6.07, 6.45) is 3.69. The Morgan fingerprint density at radius 1 is 1.00 bits per heavy atom. The van der Waals surface area contributed by atoms with Gasteiger partial charge in [0.15, 0.2) is 0 Å². The van der Waals surface area contributed by atoms with Crippen LogP contribution in [0.4, 0.5) is 5.69 Å². The number of carbonyl (C=O) groups is 1. The molecule has 5 nitrogen and oxygen atoms in total. The van der Waals surface area contributed by atoms with E-state index in [0.29, 0.717) is 10.9 Å². The number of halogens is 1. The van der Waals surface area contributed by atoms with Crippen LogP contribution in [0, 0.1) is 12.8 Å². The number of pyridine rings is 1. The Morgan fingerprint density at radius 2 is 1.68 bits per heavy atom. The minimum absolute atomic E-state index is 0.153. The molecule has 2 saturated heterocycles. The average molecular weight is 443 g/mol. The van der Waals surface area contributed by atoms with Gasteiger partial charge < -0.3 is 14.7 Å². The molecule has 31 heavy (non-hydrogen) atoms. The molecule has 3 heterocycles. The van der Waals surface area contributed by atoms with Crippen LogP contribution in [-0.4, -0.2) is 67.0 Å². The van der Waals surface area contributed by atoms with Crippen molar-refractivity contribution >= 4 is 23.2 Å². The number of piperazine rings is 1. The quantitative estimate of drug-likeness (QED) is 0.689. The van der Waals surface area contributed by atoms with Crippen LogP contribution in [0.15, 0.2) is 36.5 Å². The number of hydrogen-bond acceptors (Lipinski definition) is 4. The zero-order valence-electron chi connectivity index (χ0n) is 19.3. The van der Waals surface area contributed by atoms with Crippen LogP contribution < -0.4 is 4.90 Å². The number of likely N-dealkylation sites (N-methyl/N-ethyl adjacent to an activating group) is 1. The maximum Gasteiger partial charge on any atom is 0.225 e. The number of carbonyl (C=O) groups excluding carboxylic acids is 1. The minimum Gasteiger partial charge on any atom is -0.371 e. The summed E-state index contributed by atoms with van der Waals surface area (Å²) in [5.74, 6) is 0.499. The number of aromatic nitrogens is 1. The molecule has 0 spiro atoms. The fourth-order valence-corrected chi connectivity index (χ4v) is 4.42. The molecule has 2 fully saturated rings. The molecule has 0 bridgehead atoms. The highest BCUT2D eigenvalue weighted by Gasteiger charge is 2.30. The number of hydrogen-bond donors (Lipinski definition) is 0. The van der Waals surface area contributed by atoms with E-state index in [0.717, 1.165) is 74.6 Å². The lowest BCUT2D eigenvalue weighted by atomic mass is 9.94. The SMILES string of the molecule is CC.Cc1ccc(-c2cc(N3CCC(C(=O)N4CCN(C)CC4)CC3)ccc2Cl)nc1. The molecule has 2 aliphatic heterocycles. The number of aryl methyl sites for hydroxylation is 1. The smallest absolute Gasteiger partial charge is 0.225 e. The van der Waals surface area contributed by atoms with Gasteiger partial charge in [-0.2, -0.15) is 0 Å². The molecular formula is C25H35ClN4O. The monoisotopic (exact) mass is 442 g/mol. The molecule has 0 unspecified atom stereocenters. The van der Waals surface area contributed by atoms with Crippen molar-refractivity contribution in [1.29, 1.82) is 0 Å². The van der Waals surface area contributed by atoms with Crippen molar-refractivity contribution in [3.8, 4) is 11.3 Å². The summed E-state index contributed by atoms with van der Waals surface area (Å²) < 4.78 is 0. The number of piperidine rings is 1. The van der Waals surface area contributed by atoms with Crippen LogP contribution in [0.2, 0.25) is 5.02 Å². The number of anilines is 1. The Morgan fingerprint density at radius 3 is 2.29 bits per heavy atom. The predicted molar refractivity (Wildman–Crippen MR) is 130 cm³/mol. The van der Waals surface area contributed by atoms with E-state index in [2.05, 4.69) is 44.9 Å². The van der Waals surface area contributed by atoms with E-state index in [-0.39, 0.29) is 5.92 Å². The van der Waals surface area contributed by atoms with Gasteiger partial charge in [-0.05, 0) is 56.6 Å². The zero-order chi connectivity index (χ0) is 22.4. The molecule has 4 rings (SSSR count). The molecule has 168 valence electrons. The summed E-state index contributed by atoms with van der Waals surface area (Å²) in [4.78, 5) is 24.1. The van der Waals surface area contributed by atoms with Gasteiger partial charge >= 0.3 is 0 Å². The van der Waals surface area contributed by atoms with Gasteiger partial charge in [-0.3, -0.25) is 9.78 Å². The third-order valence-electron chi connectivity index (χ3n) is 6.16. The molecule has 0 atom stereocenters. The Labute approximate surface area is 192 Å². The first-order valence-electron chi connectivity index (χ1n) is 11.5. The van der Waals surface area contributed by atoms with Gasteiger partial charge in [0.05, 0.1) is 10.7 Å². The predicted octanol–water partition coefficient (Wildman–Crippen LogP) is 4.73. The highest BCUT2D eigenvalue weighted by molar-refractivity contribution is 6.33. The van der Waals surface area contributed by atoms with Gasteiger partial charge in [-0.15, -0.1) is 0 Å². The molecular weight excluding hydrogens is 408 g/mol. The maximum absolute atomic E-state index is 12.9. The van der Waals surface area contributed by atoms with E-state index in [4.69, 9.17) is 11.6 Å². The molecule has 1 amide bonds. The Hall–Kier alpha value is -2.11. The van der Waals surface area contributed by atoms with Crippen molar-refractivity contribution < 1.29 is 4.79 Å². The molecule has 0 aliphatic carbocycles. The minimum atomic E-state index is 0.153. The molecule has 2 aromatic rings. The lowest BCUT2D eigenvalue weighted by Crippen LogP contribution is -2.50. The number of nitrogens with zero attached hydrogens (tertiary/aromatic N) is 4. The van der Waals surface area contributed by atoms with E-state index in [9.17, 15) is 4.79 Å². The topological polar surface area (TPSA) is 39.7 Å². The van der Waals surface area contributed by atoms with Gasteiger partial charge in [0.2, 0.25) is 5.91 Å². The lowest BCUT2D eigenvalue weighted by Gasteiger charge is -2.38. The summed E-state index contributed by atoms with van der Waals surface area (Å²) in [5.41, 5.74) is 4.13. The third kappa shape index (κ3) is 5.78. The van der Waals surface area contributed by atoms with Crippen LogP contribution in [-0.2, 0) is 4.79 Å². The summed E-state index contributed by atoms with van der Waals surface area (Å²) in [6, 6.07) is 10.2. The maximum atomic E-state index is 12.9. The summed E-state index contributed by atoms with van der Waals surface area (Å²) in [6.45, 7) is 11.5. The first-order valence-corrected chi connectivity index (χ1v) is 11.8. The van der Waals surface area contributed by atoms with E-state index in [1.807, 2.05) is 39.1 Å². The first kappa shape index (κ1) is 23.6. The van der Waals surface area contributed by atoms with Crippen LogP contribution in [0.25, 0.3) is 11.3 Å². The van der Waals surface area contributed by atoms with Crippen molar-refractivity contribution in [2.24, 2.45) is 5.92 Å². The summed E-state index contributed by atoms with van der Waals surface area (Å²) in [7, 11) is 2.12. The fourth-order valence-electron chi connectivity index (χ4n) is 4.20. The summed E-state index contributed by atoms with van der Waals surface area (Å²) >= 11 is 6.46. The van der Waals surface area contributed by atoms with Crippen molar-refractivity contribution in [1.82, 2.24) is 14.8 Å². The fraction of sp³-hybridized carbons (Fsp3) is 0.520. The molecule has 0 radical (unpaired) electrons. The van der Waals surface area contributed by atoms with Crippen LogP contribution in [0.5, 0.6) is 0 Å². The van der Waals surface area contributed by atoms with Crippen molar-refractivity contribution in [3.63, 3.8) is 0 Å². The number of benzene rings is 1. The second kappa shape index (κ2) is 11.0. The molecule has 1 aromatic heterocycles. The Balaban J connectivity index is 0.00000132. The van der Waals surface area contributed by atoms with E-state index in [1.165, 1.54) is 0 Å². The Bertz CT molecular complexity index is 854. The van der Waals surface area contributed by atoms with Crippen molar-refractivity contribution in [2.45, 2.75) is 33.6 Å². The summed E-state index contributed by atoms with van der Waals surface area (Å²) in [5, 5.41) is 0.713. The van der Waals surface area contributed by atoms with E-state index in [1.54, 1.807) is 0 Å². The normalized spacial score (nSPS) is 17.8. The standard InChI is InChI=1S/C23H29ClN4O.C2H6/c1-17-3-6-22(25-16-17)20-15-19(4-5-21(20)24)27-9-7-18(8-10-27)23(29)28-13-11-26(2)12-14-28;1-2/h3-6,15-16,18H,7-14H2,1-2H3;1-2H3.